The zero-order valence-electron chi connectivity index (χ0n) is 30.8. The van der Waals surface area contributed by atoms with Crippen LogP contribution in [-0.2, 0) is 0 Å². The average Bonchev–Trinajstić information content (AvgIpc) is 3.62. The van der Waals surface area contributed by atoms with E-state index < -0.39 is 0 Å². The fourth-order valence-corrected chi connectivity index (χ4v) is 10.1. The van der Waals surface area contributed by atoms with E-state index in [2.05, 4.69) is 170 Å². The van der Waals surface area contributed by atoms with E-state index in [1.165, 1.54) is 64.6 Å². The topological polar surface area (TPSA) is 21.5 Å². The predicted octanol–water partition coefficient (Wildman–Crippen LogP) is 14.5. The van der Waals surface area contributed by atoms with Crippen molar-refractivity contribution in [3.63, 3.8) is 0 Å². The zero-order valence-corrected chi connectivity index (χ0v) is 30.8. The van der Waals surface area contributed by atoms with Gasteiger partial charge in [0.05, 0.1) is 11.0 Å². The molecule has 2 aromatic heterocycles. The molecule has 57 heavy (non-hydrogen) atoms. The highest BCUT2D eigenvalue weighted by molar-refractivity contribution is 6.28. The van der Waals surface area contributed by atoms with Gasteiger partial charge in [0, 0.05) is 21.5 Å². The highest BCUT2D eigenvalue weighted by Gasteiger charge is 2.20. The lowest BCUT2D eigenvalue weighted by atomic mass is 9.91. The monoisotopic (exact) mass is 721 g/mol. The summed E-state index contributed by atoms with van der Waals surface area (Å²) in [6.45, 7) is 0. The van der Waals surface area contributed by atoms with E-state index in [4.69, 9.17) is 0 Å². The van der Waals surface area contributed by atoms with Crippen molar-refractivity contribution in [3.8, 4) is 22.3 Å². The number of rotatable bonds is 2. The van der Waals surface area contributed by atoms with Gasteiger partial charge in [-0.1, -0.05) is 146 Å². The Morgan fingerprint density at radius 2 is 0.544 bits per heavy atom. The molecule has 2 heterocycles. The molecule has 0 unspecified atom stereocenters. The van der Waals surface area contributed by atoms with Gasteiger partial charge in [-0.3, -0.25) is 9.20 Å². The Bertz CT molecular complexity index is 3880. The van der Waals surface area contributed by atoms with E-state index in [1.807, 2.05) is 22.6 Å². The molecule has 13 aromatic rings. The normalized spacial score (nSPS) is 12.3. The molecular weight excluding hydrogens is 691 g/mol. The van der Waals surface area contributed by atoms with Gasteiger partial charge in [0.1, 0.15) is 0 Å². The van der Waals surface area contributed by atoms with Crippen molar-refractivity contribution in [2.45, 2.75) is 0 Å². The number of fused-ring (bicyclic) bond motifs is 17. The van der Waals surface area contributed by atoms with Crippen molar-refractivity contribution >= 4 is 103 Å². The fourth-order valence-electron chi connectivity index (χ4n) is 10.1. The van der Waals surface area contributed by atoms with E-state index in [0.29, 0.717) is 0 Å². The van der Waals surface area contributed by atoms with Crippen molar-refractivity contribution in [1.82, 2.24) is 4.40 Å². The van der Waals surface area contributed by atoms with Gasteiger partial charge in [0.2, 0.25) is 0 Å². The molecule has 0 aliphatic heterocycles. The molecule has 0 fully saturated rings. The highest BCUT2D eigenvalue weighted by Crippen LogP contribution is 2.43. The second-order valence-corrected chi connectivity index (χ2v) is 15.5. The predicted molar refractivity (Wildman–Crippen MR) is 243 cm³/mol. The Balaban J connectivity index is 1.10. The summed E-state index contributed by atoms with van der Waals surface area (Å²) in [7, 11) is 0. The molecule has 0 aliphatic carbocycles. The maximum Gasteiger partial charge on any atom is 0.263 e. The van der Waals surface area contributed by atoms with Crippen LogP contribution in [0.15, 0.2) is 193 Å². The number of nitrogens with zero attached hydrogens (tertiary/aromatic N) is 1. The van der Waals surface area contributed by atoms with Crippen molar-refractivity contribution in [2.24, 2.45) is 0 Å². The SMILES string of the molecule is O=c1c2ccccc2c2cc(-c3ccc4c5ccccc5c5ccccc5c4c3)cc3c4cc(-c5ccc6c7ccccc7c7ccccc7c6c5)ccc4n1c23. The Morgan fingerprint density at radius 3 is 1.00 bits per heavy atom. The molecule has 0 spiro atoms. The number of hydrogen-bond acceptors (Lipinski definition) is 1. The first-order valence-electron chi connectivity index (χ1n) is 19.6. The molecule has 262 valence electrons. The molecule has 11 aromatic carbocycles. The van der Waals surface area contributed by atoms with Crippen LogP contribution >= 0.6 is 0 Å². The lowest BCUT2D eigenvalue weighted by molar-refractivity contribution is 1.21. The van der Waals surface area contributed by atoms with Crippen LogP contribution in [0.5, 0.6) is 0 Å². The molecule has 0 aliphatic rings. The van der Waals surface area contributed by atoms with Gasteiger partial charge >= 0.3 is 0 Å². The van der Waals surface area contributed by atoms with Crippen LogP contribution in [0.2, 0.25) is 0 Å². The van der Waals surface area contributed by atoms with Gasteiger partial charge in [0.15, 0.2) is 0 Å². The number of hydrogen-bond donors (Lipinski definition) is 0. The third-order valence-electron chi connectivity index (χ3n) is 12.7. The van der Waals surface area contributed by atoms with E-state index in [1.54, 1.807) is 0 Å². The first-order chi connectivity index (χ1) is 28.2. The Hall–Kier alpha value is -7.55. The van der Waals surface area contributed by atoms with Gasteiger partial charge in [-0.05, 0) is 135 Å². The van der Waals surface area contributed by atoms with Crippen molar-refractivity contribution < 1.29 is 0 Å². The molecule has 2 heteroatoms. The third-order valence-corrected chi connectivity index (χ3v) is 12.7. The zero-order chi connectivity index (χ0) is 37.4. The number of pyridine rings is 1. The van der Waals surface area contributed by atoms with Gasteiger partial charge < -0.3 is 0 Å². The van der Waals surface area contributed by atoms with E-state index >= 15 is 0 Å². The van der Waals surface area contributed by atoms with Gasteiger partial charge in [-0.25, -0.2) is 0 Å². The second kappa shape index (κ2) is 11.3. The minimum atomic E-state index is 0.0201. The molecule has 2 nitrogen and oxygen atoms in total. The van der Waals surface area contributed by atoms with Crippen molar-refractivity contribution in [2.75, 3.05) is 0 Å². The largest absolute Gasteiger partial charge is 0.275 e. The molecule has 0 saturated carbocycles. The fraction of sp³-hybridized carbons (Fsp3) is 0. The summed E-state index contributed by atoms with van der Waals surface area (Å²) >= 11 is 0. The molecule has 0 radical (unpaired) electrons. The van der Waals surface area contributed by atoms with Crippen LogP contribution in [0.25, 0.3) is 125 Å². The summed E-state index contributed by atoms with van der Waals surface area (Å²) in [5, 5.41) is 20.1. The van der Waals surface area contributed by atoms with Crippen LogP contribution in [0.4, 0.5) is 0 Å². The molecule has 0 atom stereocenters. The Kier molecular flexibility index (Phi) is 6.07. The molecule has 13 rings (SSSR count). The summed E-state index contributed by atoms with van der Waals surface area (Å²) < 4.78 is 1.95. The van der Waals surface area contributed by atoms with Crippen LogP contribution in [0, 0.1) is 0 Å². The summed E-state index contributed by atoms with van der Waals surface area (Å²) in [4.78, 5) is 14.4. The molecular formula is C55H31NO. The summed E-state index contributed by atoms with van der Waals surface area (Å²) in [6, 6.07) is 68.1. The second-order valence-electron chi connectivity index (χ2n) is 15.5. The number of aromatic nitrogens is 1. The molecule has 0 amide bonds. The van der Waals surface area contributed by atoms with E-state index in [9.17, 15) is 4.79 Å². The van der Waals surface area contributed by atoms with Crippen molar-refractivity contribution in [3.05, 3.63) is 198 Å². The Labute approximate surface area is 326 Å². The van der Waals surface area contributed by atoms with Gasteiger partial charge in [0.25, 0.3) is 5.56 Å². The first kappa shape index (κ1) is 30.7. The van der Waals surface area contributed by atoms with E-state index in [0.717, 1.165) is 60.2 Å². The van der Waals surface area contributed by atoms with Crippen LogP contribution in [-0.4, -0.2) is 4.40 Å². The Morgan fingerprint density at radius 1 is 0.246 bits per heavy atom. The van der Waals surface area contributed by atoms with Gasteiger partial charge in [-0.15, -0.1) is 0 Å². The smallest absolute Gasteiger partial charge is 0.263 e. The first-order valence-corrected chi connectivity index (χ1v) is 19.6. The maximum absolute atomic E-state index is 14.4. The highest BCUT2D eigenvalue weighted by atomic mass is 16.1. The van der Waals surface area contributed by atoms with Gasteiger partial charge in [-0.2, -0.15) is 0 Å². The molecule has 0 N–H and O–H groups in total. The minimum absolute atomic E-state index is 0.0201. The summed E-state index contributed by atoms with van der Waals surface area (Å²) in [5.41, 5.74) is 6.49. The molecule has 0 saturated heterocycles. The number of benzene rings is 11. The van der Waals surface area contributed by atoms with Crippen molar-refractivity contribution in [1.29, 1.82) is 0 Å². The van der Waals surface area contributed by atoms with Crippen LogP contribution in [0.3, 0.4) is 0 Å². The summed E-state index contributed by atoms with van der Waals surface area (Å²) in [5.74, 6) is 0. The maximum atomic E-state index is 14.4. The van der Waals surface area contributed by atoms with Crippen LogP contribution in [0.1, 0.15) is 0 Å². The minimum Gasteiger partial charge on any atom is -0.275 e. The lowest BCUT2D eigenvalue weighted by Gasteiger charge is -2.13. The lowest BCUT2D eigenvalue weighted by Crippen LogP contribution is -2.12. The summed E-state index contributed by atoms with van der Waals surface area (Å²) in [6.07, 6.45) is 0. The third kappa shape index (κ3) is 4.16. The van der Waals surface area contributed by atoms with Crippen LogP contribution < -0.4 is 5.56 Å². The van der Waals surface area contributed by atoms with E-state index in [-0.39, 0.29) is 5.56 Å². The average molecular weight is 722 g/mol. The molecule has 0 bridgehead atoms. The quantitative estimate of drug-likeness (QED) is 0.163. The standard InChI is InChI=1S/C55H31NO/c57-55-47-20-10-9-19-44(47)51-30-35(34-22-25-46-41-16-4-2-12-37(41)39-14-6-8-18-43(39)49(46)28-34)31-52-50-29-33(23-26-53(50)56(55)54(51)52)32-21-24-45-40-15-3-1-11-36(40)38-13-5-7-17-42(38)48(45)27-32/h1-31H.